The molecule has 152 valence electrons. The Bertz CT molecular complexity index is 741. The van der Waals surface area contributed by atoms with Crippen LogP contribution in [0, 0.1) is 5.92 Å². The molecule has 0 aromatic heterocycles. The van der Waals surface area contributed by atoms with Gasteiger partial charge in [0, 0.05) is 24.5 Å². The van der Waals surface area contributed by atoms with Crippen molar-refractivity contribution in [3.8, 4) is 0 Å². The molecular formula is C21H30N4O3. The molecule has 3 rings (SSSR count). The summed E-state index contributed by atoms with van der Waals surface area (Å²) in [5.74, 6) is -0.286. The first kappa shape index (κ1) is 20.2. The zero-order valence-electron chi connectivity index (χ0n) is 17.0. The van der Waals surface area contributed by atoms with Gasteiger partial charge in [0.25, 0.3) is 5.91 Å². The maximum Gasteiger partial charge on any atom is 0.325 e. The molecule has 2 heterocycles. The Kier molecular flexibility index (Phi) is 5.91. The molecule has 2 fully saturated rings. The van der Waals surface area contributed by atoms with E-state index in [9.17, 15) is 14.4 Å². The highest BCUT2D eigenvalue weighted by atomic mass is 16.2. The van der Waals surface area contributed by atoms with E-state index in [0.29, 0.717) is 18.0 Å². The minimum atomic E-state index is -0.932. The van der Waals surface area contributed by atoms with Gasteiger partial charge in [-0.05, 0) is 62.8 Å². The summed E-state index contributed by atoms with van der Waals surface area (Å²) in [7, 11) is 0. The number of benzene rings is 1. The fraction of sp³-hybridized carbons (Fsp3) is 0.571. The Hall–Kier alpha value is -2.57. The summed E-state index contributed by atoms with van der Waals surface area (Å²) in [6.07, 6.45) is 3.80. The van der Waals surface area contributed by atoms with E-state index in [1.807, 2.05) is 24.3 Å². The third-order valence-corrected chi connectivity index (χ3v) is 5.49. The Balaban J connectivity index is 1.56. The summed E-state index contributed by atoms with van der Waals surface area (Å²) in [5, 5.41) is 5.52. The lowest BCUT2D eigenvalue weighted by Gasteiger charge is -2.22. The summed E-state index contributed by atoms with van der Waals surface area (Å²) in [6.45, 7) is 7.72. The number of nitrogens with zero attached hydrogens (tertiary/aromatic N) is 2. The predicted molar refractivity (Wildman–Crippen MR) is 109 cm³/mol. The van der Waals surface area contributed by atoms with Gasteiger partial charge >= 0.3 is 6.03 Å². The van der Waals surface area contributed by atoms with Crippen LogP contribution in [-0.4, -0.2) is 47.9 Å². The molecule has 2 aliphatic rings. The molecule has 0 aliphatic carbocycles. The average Bonchev–Trinajstić information content (AvgIpc) is 3.25. The first-order valence-electron chi connectivity index (χ1n) is 10.1. The standard InChI is InChI=1S/C21H30N4O3/c1-15(2)10-11-21(3)19(27)25(20(28)23-21)14-18(26)22-16-6-8-17(9-7-16)24-12-4-5-13-24/h6-9,15H,4-5,10-14H2,1-3H3,(H,22,26)(H,23,28)/t21-/m1/s1. The molecule has 2 N–H and O–H groups in total. The summed E-state index contributed by atoms with van der Waals surface area (Å²) in [6, 6.07) is 7.17. The van der Waals surface area contributed by atoms with E-state index in [-0.39, 0.29) is 18.4 Å². The molecule has 1 atom stereocenters. The largest absolute Gasteiger partial charge is 0.372 e. The van der Waals surface area contributed by atoms with Gasteiger partial charge in [0.15, 0.2) is 0 Å². The Labute approximate surface area is 166 Å². The zero-order chi connectivity index (χ0) is 20.3. The molecular weight excluding hydrogens is 356 g/mol. The van der Waals surface area contributed by atoms with Gasteiger partial charge in [0.1, 0.15) is 12.1 Å². The van der Waals surface area contributed by atoms with Crippen molar-refractivity contribution in [1.82, 2.24) is 10.2 Å². The number of nitrogens with one attached hydrogen (secondary N) is 2. The van der Waals surface area contributed by atoms with Crippen LogP contribution in [0.4, 0.5) is 16.2 Å². The number of carbonyl (C=O) groups excluding carboxylic acids is 3. The smallest absolute Gasteiger partial charge is 0.325 e. The maximum atomic E-state index is 12.7. The van der Waals surface area contributed by atoms with Crippen molar-refractivity contribution in [3.05, 3.63) is 24.3 Å². The lowest BCUT2D eigenvalue weighted by atomic mass is 9.92. The van der Waals surface area contributed by atoms with Crippen molar-refractivity contribution in [2.75, 3.05) is 29.9 Å². The van der Waals surface area contributed by atoms with E-state index in [4.69, 9.17) is 0 Å². The van der Waals surface area contributed by atoms with E-state index in [1.165, 1.54) is 12.8 Å². The molecule has 2 aliphatic heterocycles. The molecule has 28 heavy (non-hydrogen) atoms. The number of anilines is 2. The van der Waals surface area contributed by atoms with Crippen molar-refractivity contribution in [2.45, 2.75) is 52.0 Å². The van der Waals surface area contributed by atoms with Gasteiger partial charge in [-0.1, -0.05) is 13.8 Å². The van der Waals surface area contributed by atoms with E-state index in [0.717, 1.165) is 30.1 Å². The molecule has 7 heteroatoms. The van der Waals surface area contributed by atoms with E-state index in [1.54, 1.807) is 6.92 Å². The van der Waals surface area contributed by atoms with Gasteiger partial charge in [-0.15, -0.1) is 0 Å². The molecule has 7 nitrogen and oxygen atoms in total. The molecule has 1 aromatic rings. The number of carbonyl (C=O) groups is 3. The zero-order valence-corrected chi connectivity index (χ0v) is 17.0. The van der Waals surface area contributed by atoms with Crippen molar-refractivity contribution in [2.24, 2.45) is 5.92 Å². The molecule has 0 spiro atoms. The van der Waals surface area contributed by atoms with E-state index < -0.39 is 11.6 Å². The molecule has 0 unspecified atom stereocenters. The van der Waals surface area contributed by atoms with Gasteiger partial charge in [-0.2, -0.15) is 0 Å². The van der Waals surface area contributed by atoms with Crippen LogP contribution in [-0.2, 0) is 9.59 Å². The molecule has 0 bridgehead atoms. The Morgan fingerprint density at radius 3 is 2.43 bits per heavy atom. The van der Waals surface area contributed by atoms with Gasteiger partial charge < -0.3 is 15.5 Å². The topological polar surface area (TPSA) is 81.8 Å². The summed E-state index contributed by atoms with van der Waals surface area (Å²) in [5.41, 5.74) is 0.868. The Morgan fingerprint density at radius 2 is 1.82 bits per heavy atom. The van der Waals surface area contributed by atoms with Crippen molar-refractivity contribution in [3.63, 3.8) is 0 Å². The van der Waals surface area contributed by atoms with Crippen LogP contribution >= 0.6 is 0 Å². The number of rotatable bonds is 7. The fourth-order valence-corrected chi connectivity index (χ4v) is 3.71. The predicted octanol–water partition coefficient (Wildman–Crippen LogP) is 2.97. The molecule has 4 amide bonds. The second-order valence-corrected chi connectivity index (χ2v) is 8.38. The van der Waals surface area contributed by atoms with E-state index in [2.05, 4.69) is 29.4 Å². The van der Waals surface area contributed by atoms with Crippen molar-refractivity contribution < 1.29 is 14.4 Å². The minimum Gasteiger partial charge on any atom is -0.372 e. The first-order valence-corrected chi connectivity index (χ1v) is 10.1. The molecule has 1 aromatic carbocycles. The third-order valence-electron chi connectivity index (χ3n) is 5.49. The second-order valence-electron chi connectivity index (χ2n) is 8.38. The number of amides is 4. The summed E-state index contributed by atoms with van der Waals surface area (Å²) < 4.78 is 0. The van der Waals surface area contributed by atoms with Crippen molar-refractivity contribution >= 4 is 29.2 Å². The van der Waals surface area contributed by atoms with Gasteiger partial charge in [-0.3, -0.25) is 14.5 Å². The van der Waals surface area contributed by atoms with Crippen LogP contribution in [0.3, 0.4) is 0 Å². The number of hydrogen-bond donors (Lipinski definition) is 2. The normalized spacial score (nSPS) is 22.1. The quantitative estimate of drug-likeness (QED) is 0.706. The maximum absolute atomic E-state index is 12.7. The molecule has 2 saturated heterocycles. The molecule has 0 radical (unpaired) electrons. The highest BCUT2D eigenvalue weighted by Gasteiger charge is 2.47. The fourth-order valence-electron chi connectivity index (χ4n) is 3.71. The van der Waals surface area contributed by atoms with Crippen molar-refractivity contribution in [1.29, 1.82) is 0 Å². The highest BCUT2D eigenvalue weighted by molar-refractivity contribution is 6.09. The molecule has 0 saturated carbocycles. The van der Waals surface area contributed by atoms with Crippen LogP contribution < -0.4 is 15.5 Å². The lowest BCUT2D eigenvalue weighted by Crippen LogP contribution is -2.44. The van der Waals surface area contributed by atoms with Gasteiger partial charge in [-0.25, -0.2) is 4.79 Å². The SMILES string of the molecule is CC(C)CC[C@@]1(C)NC(=O)N(CC(=O)Nc2ccc(N3CCCC3)cc2)C1=O. The van der Waals surface area contributed by atoms with Gasteiger partial charge in [0.05, 0.1) is 0 Å². The average molecular weight is 386 g/mol. The third kappa shape index (κ3) is 4.46. The van der Waals surface area contributed by atoms with Crippen LogP contribution in [0.25, 0.3) is 0 Å². The highest BCUT2D eigenvalue weighted by Crippen LogP contribution is 2.25. The number of urea groups is 1. The number of imide groups is 1. The van der Waals surface area contributed by atoms with Crippen LogP contribution in [0.2, 0.25) is 0 Å². The number of hydrogen-bond acceptors (Lipinski definition) is 4. The van der Waals surface area contributed by atoms with E-state index >= 15 is 0 Å². The monoisotopic (exact) mass is 386 g/mol. The Morgan fingerprint density at radius 1 is 1.18 bits per heavy atom. The lowest BCUT2D eigenvalue weighted by molar-refractivity contribution is -0.133. The van der Waals surface area contributed by atoms with Gasteiger partial charge in [0.2, 0.25) is 5.91 Å². The summed E-state index contributed by atoms with van der Waals surface area (Å²) >= 11 is 0. The summed E-state index contributed by atoms with van der Waals surface area (Å²) in [4.78, 5) is 40.6. The minimum absolute atomic E-state index is 0.282. The first-order chi connectivity index (χ1) is 13.3. The second kappa shape index (κ2) is 8.20. The van der Waals surface area contributed by atoms with Crippen LogP contribution in [0.1, 0.15) is 46.5 Å². The van der Waals surface area contributed by atoms with Crippen LogP contribution in [0.15, 0.2) is 24.3 Å². The van der Waals surface area contributed by atoms with Crippen LogP contribution in [0.5, 0.6) is 0 Å².